The van der Waals surface area contributed by atoms with Gasteiger partial charge in [-0.2, -0.15) is 0 Å². The number of rotatable bonds is 3. The quantitative estimate of drug-likeness (QED) is 0.873. The molecule has 5 nitrogen and oxygen atoms in total. The predicted octanol–water partition coefficient (Wildman–Crippen LogP) is 1.61. The van der Waals surface area contributed by atoms with Crippen LogP contribution in [0.15, 0.2) is 18.2 Å². The van der Waals surface area contributed by atoms with Crippen molar-refractivity contribution in [1.29, 1.82) is 0 Å². The zero-order chi connectivity index (χ0) is 13.1. The molecule has 18 heavy (non-hydrogen) atoms. The molecule has 0 amide bonds. The highest BCUT2D eigenvalue weighted by molar-refractivity contribution is 6.31. The summed E-state index contributed by atoms with van der Waals surface area (Å²) in [6.45, 7) is 3.64. The van der Waals surface area contributed by atoms with E-state index in [1.165, 1.54) is 6.07 Å². The first kappa shape index (κ1) is 13.1. The fourth-order valence-corrected chi connectivity index (χ4v) is 2.05. The molecule has 1 saturated heterocycles. The van der Waals surface area contributed by atoms with Gasteiger partial charge in [-0.05, 0) is 25.2 Å². The summed E-state index contributed by atoms with van der Waals surface area (Å²) >= 11 is 5.81. The topological polar surface area (TPSA) is 55.8 Å². The van der Waals surface area contributed by atoms with E-state index in [0.717, 1.165) is 26.2 Å². The molecule has 0 saturated carbocycles. The van der Waals surface area contributed by atoms with Crippen LogP contribution in [0.3, 0.4) is 0 Å². The first-order valence-corrected chi connectivity index (χ1v) is 6.17. The molecule has 1 heterocycles. The molecule has 2 N–H and O–H groups in total. The van der Waals surface area contributed by atoms with Crippen molar-refractivity contribution in [1.82, 2.24) is 9.91 Å². The van der Waals surface area contributed by atoms with Crippen LogP contribution >= 0.6 is 11.6 Å². The van der Waals surface area contributed by atoms with Crippen molar-refractivity contribution < 1.29 is 9.90 Å². The maximum atomic E-state index is 11.1. The summed E-state index contributed by atoms with van der Waals surface area (Å²) in [6.07, 6.45) is 0. The van der Waals surface area contributed by atoms with Crippen LogP contribution in [0.5, 0.6) is 0 Å². The molecule has 6 heteroatoms. The maximum Gasteiger partial charge on any atom is 0.337 e. The van der Waals surface area contributed by atoms with E-state index in [1.807, 2.05) is 5.01 Å². The molecule has 2 rings (SSSR count). The van der Waals surface area contributed by atoms with Gasteiger partial charge in [-0.3, -0.25) is 0 Å². The summed E-state index contributed by atoms with van der Waals surface area (Å²) in [4.78, 5) is 13.4. The van der Waals surface area contributed by atoms with Crippen molar-refractivity contribution in [3.05, 3.63) is 28.8 Å². The number of nitrogens with zero attached hydrogens (tertiary/aromatic N) is 2. The van der Waals surface area contributed by atoms with E-state index in [4.69, 9.17) is 16.7 Å². The third kappa shape index (κ3) is 3.13. The van der Waals surface area contributed by atoms with E-state index in [2.05, 4.69) is 17.4 Å². The van der Waals surface area contributed by atoms with E-state index < -0.39 is 5.97 Å². The van der Waals surface area contributed by atoms with E-state index in [0.29, 0.717) is 10.7 Å². The Kier molecular flexibility index (Phi) is 4.06. The average Bonchev–Trinajstić information content (AvgIpc) is 2.34. The number of likely N-dealkylation sites (N-methyl/N-ethyl adjacent to an activating group) is 1. The standard InChI is InChI=1S/C12H16ClN3O2/c1-15-4-6-16(7-5-15)14-11-3-2-9(13)8-10(11)12(17)18/h2-3,8,14H,4-7H2,1H3,(H,17,18). The summed E-state index contributed by atoms with van der Waals surface area (Å²) in [5.41, 5.74) is 3.92. The van der Waals surface area contributed by atoms with Crippen molar-refractivity contribution in [2.75, 3.05) is 38.7 Å². The van der Waals surface area contributed by atoms with Crippen molar-refractivity contribution in [3.8, 4) is 0 Å². The second-order valence-electron chi connectivity index (χ2n) is 4.40. The van der Waals surface area contributed by atoms with Crippen LogP contribution in [0, 0.1) is 0 Å². The number of halogens is 1. The highest BCUT2D eigenvalue weighted by Crippen LogP contribution is 2.21. The lowest BCUT2D eigenvalue weighted by molar-refractivity contribution is 0.0697. The number of benzene rings is 1. The van der Waals surface area contributed by atoms with Gasteiger partial charge in [0.05, 0.1) is 11.3 Å². The Balaban J connectivity index is 2.11. The first-order chi connectivity index (χ1) is 8.56. The molecule has 0 spiro atoms. The third-order valence-electron chi connectivity index (χ3n) is 2.99. The molecule has 1 fully saturated rings. The number of hydrogen-bond donors (Lipinski definition) is 2. The minimum absolute atomic E-state index is 0.196. The van der Waals surface area contributed by atoms with E-state index >= 15 is 0 Å². The number of anilines is 1. The lowest BCUT2D eigenvalue weighted by atomic mass is 10.2. The number of carboxylic acid groups (broad SMARTS) is 1. The fraction of sp³-hybridized carbons (Fsp3) is 0.417. The van der Waals surface area contributed by atoms with Gasteiger partial charge in [-0.15, -0.1) is 0 Å². The first-order valence-electron chi connectivity index (χ1n) is 5.79. The zero-order valence-corrected chi connectivity index (χ0v) is 10.9. The SMILES string of the molecule is CN1CCN(Nc2ccc(Cl)cc2C(=O)O)CC1. The van der Waals surface area contributed by atoms with Gasteiger partial charge in [0.1, 0.15) is 0 Å². The number of aromatic carboxylic acids is 1. The molecule has 1 aromatic rings. The number of carboxylic acids is 1. The van der Waals surface area contributed by atoms with Crippen LogP contribution in [0.1, 0.15) is 10.4 Å². The molecular weight excluding hydrogens is 254 g/mol. The smallest absolute Gasteiger partial charge is 0.337 e. The minimum atomic E-state index is -0.978. The monoisotopic (exact) mass is 269 g/mol. The van der Waals surface area contributed by atoms with E-state index in [9.17, 15) is 4.79 Å². The molecule has 0 radical (unpaired) electrons. The van der Waals surface area contributed by atoms with Crippen LogP contribution in [-0.2, 0) is 0 Å². The lowest BCUT2D eigenvalue weighted by Crippen LogP contribution is -2.47. The molecule has 0 unspecified atom stereocenters. The minimum Gasteiger partial charge on any atom is -0.478 e. The van der Waals surface area contributed by atoms with Crippen LogP contribution in [-0.4, -0.2) is 54.2 Å². The van der Waals surface area contributed by atoms with Gasteiger partial charge in [0, 0.05) is 31.2 Å². The Hall–Kier alpha value is -1.30. The fourth-order valence-electron chi connectivity index (χ4n) is 1.88. The molecular formula is C12H16ClN3O2. The zero-order valence-electron chi connectivity index (χ0n) is 10.2. The number of piperazine rings is 1. The predicted molar refractivity (Wildman–Crippen MR) is 71.1 cm³/mol. The Morgan fingerprint density at radius 2 is 2.00 bits per heavy atom. The summed E-state index contributed by atoms with van der Waals surface area (Å²) in [5, 5.41) is 11.6. The number of carbonyl (C=O) groups is 1. The molecule has 0 aliphatic carbocycles. The molecule has 1 aromatic carbocycles. The lowest BCUT2D eigenvalue weighted by Gasteiger charge is -2.33. The average molecular weight is 270 g/mol. The summed E-state index contributed by atoms with van der Waals surface area (Å²) in [7, 11) is 2.07. The van der Waals surface area contributed by atoms with Crippen molar-refractivity contribution >= 4 is 23.3 Å². The highest BCUT2D eigenvalue weighted by Gasteiger charge is 2.16. The third-order valence-corrected chi connectivity index (χ3v) is 3.23. The van der Waals surface area contributed by atoms with Crippen LogP contribution in [0.4, 0.5) is 5.69 Å². The Bertz CT molecular complexity index is 445. The van der Waals surface area contributed by atoms with E-state index in [-0.39, 0.29) is 5.56 Å². The number of nitrogens with one attached hydrogen (secondary N) is 1. The molecule has 98 valence electrons. The second-order valence-corrected chi connectivity index (χ2v) is 4.83. The molecule has 1 aliphatic rings. The van der Waals surface area contributed by atoms with Crippen molar-refractivity contribution in [3.63, 3.8) is 0 Å². The van der Waals surface area contributed by atoms with Gasteiger partial charge < -0.3 is 15.4 Å². The van der Waals surface area contributed by atoms with Crippen molar-refractivity contribution in [2.24, 2.45) is 0 Å². The van der Waals surface area contributed by atoms with E-state index in [1.54, 1.807) is 12.1 Å². The maximum absolute atomic E-state index is 11.1. The van der Waals surface area contributed by atoms with Crippen LogP contribution in [0.25, 0.3) is 0 Å². The van der Waals surface area contributed by atoms with Crippen molar-refractivity contribution in [2.45, 2.75) is 0 Å². The normalized spacial score (nSPS) is 17.7. The number of hydrazine groups is 1. The van der Waals surface area contributed by atoms with Gasteiger partial charge in [0.15, 0.2) is 0 Å². The van der Waals surface area contributed by atoms with Gasteiger partial charge in [-0.25, -0.2) is 9.80 Å². The Morgan fingerprint density at radius 1 is 1.33 bits per heavy atom. The Labute approximate surface area is 111 Å². The summed E-state index contributed by atoms with van der Waals surface area (Å²) in [6, 6.07) is 4.85. The number of hydrogen-bond acceptors (Lipinski definition) is 4. The van der Waals surface area contributed by atoms with Gasteiger partial charge in [0.25, 0.3) is 0 Å². The molecule has 0 atom stereocenters. The second kappa shape index (κ2) is 5.56. The molecule has 0 aromatic heterocycles. The molecule has 1 aliphatic heterocycles. The highest BCUT2D eigenvalue weighted by atomic mass is 35.5. The van der Waals surface area contributed by atoms with Crippen LogP contribution < -0.4 is 5.43 Å². The largest absolute Gasteiger partial charge is 0.478 e. The Morgan fingerprint density at radius 3 is 2.61 bits per heavy atom. The summed E-state index contributed by atoms with van der Waals surface area (Å²) in [5.74, 6) is -0.978. The van der Waals surface area contributed by atoms with Gasteiger partial charge in [0.2, 0.25) is 0 Å². The summed E-state index contributed by atoms with van der Waals surface area (Å²) < 4.78 is 0. The van der Waals surface area contributed by atoms with Gasteiger partial charge in [-0.1, -0.05) is 11.6 Å². The van der Waals surface area contributed by atoms with Gasteiger partial charge >= 0.3 is 5.97 Å². The van der Waals surface area contributed by atoms with Crippen LogP contribution in [0.2, 0.25) is 5.02 Å². The molecule has 0 bridgehead atoms.